The van der Waals surface area contributed by atoms with Crippen LogP contribution in [0.5, 0.6) is 11.5 Å². The standard InChI is InChI=1S/C21H30O8/c1-6-26-16-10-11-17(27-7-2)15(12-16)13-21(14-18(22)25-5,19(23)28-8-3)20(24)29-9-4/h10-12H,6-9,13-14H2,1-5H3. The summed E-state index contributed by atoms with van der Waals surface area (Å²) in [6, 6.07) is 5.11. The smallest absolute Gasteiger partial charge is 0.324 e. The SMILES string of the molecule is CCOC(=O)C(CC(=O)OC)(Cc1cc(OCC)ccc1OCC)C(=O)OCC. The summed E-state index contributed by atoms with van der Waals surface area (Å²) in [6.45, 7) is 7.80. The summed E-state index contributed by atoms with van der Waals surface area (Å²) < 4.78 is 26.2. The minimum Gasteiger partial charge on any atom is -0.494 e. The normalized spacial score (nSPS) is 10.8. The lowest BCUT2D eigenvalue weighted by Crippen LogP contribution is -2.46. The van der Waals surface area contributed by atoms with Gasteiger partial charge in [0.25, 0.3) is 0 Å². The van der Waals surface area contributed by atoms with Crippen LogP contribution in [0.25, 0.3) is 0 Å². The Morgan fingerprint density at radius 1 is 0.862 bits per heavy atom. The minimum absolute atomic E-state index is 0.0401. The van der Waals surface area contributed by atoms with Crippen molar-refractivity contribution in [2.24, 2.45) is 5.41 Å². The molecule has 8 heteroatoms. The number of carbonyl (C=O) groups excluding carboxylic acids is 3. The van der Waals surface area contributed by atoms with Gasteiger partial charge in [-0.2, -0.15) is 0 Å². The van der Waals surface area contributed by atoms with Crippen molar-refractivity contribution >= 4 is 17.9 Å². The first-order valence-electron chi connectivity index (χ1n) is 9.68. The van der Waals surface area contributed by atoms with Crippen molar-refractivity contribution in [1.82, 2.24) is 0 Å². The molecule has 0 spiro atoms. The van der Waals surface area contributed by atoms with Crippen molar-refractivity contribution < 1.29 is 38.1 Å². The maximum atomic E-state index is 12.9. The van der Waals surface area contributed by atoms with Crippen LogP contribution >= 0.6 is 0 Å². The van der Waals surface area contributed by atoms with Gasteiger partial charge in [-0.15, -0.1) is 0 Å². The van der Waals surface area contributed by atoms with Gasteiger partial charge < -0.3 is 23.7 Å². The van der Waals surface area contributed by atoms with Crippen molar-refractivity contribution in [3.8, 4) is 11.5 Å². The van der Waals surface area contributed by atoms with Crippen molar-refractivity contribution in [3.63, 3.8) is 0 Å². The Labute approximate surface area is 171 Å². The molecule has 0 aliphatic carbocycles. The fourth-order valence-electron chi connectivity index (χ4n) is 2.86. The Balaban J connectivity index is 3.55. The van der Waals surface area contributed by atoms with E-state index in [1.54, 1.807) is 32.0 Å². The van der Waals surface area contributed by atoms with E-state index in [4.69, 9.17) is 23.7 Å². The molecule has 0 aliphatic rings. The highest BCUT2D eigenvalue weighted by atomic mass is 16.6. The quantitative estimate of drug-likeness (QED) is 0.295. The van der Waals surface area contributed by atoms with Gasteiger partial charge in [0, 0.05) is 6.42 Å². The lowest BCUT2D eigenvalue weighted by molar-refractivity contribution is -0.176. The molecule has 0 heterocycles. The molecule has 29 heavy (non-hydrogen) atoms. The van der Waals surface area contributed by atoms with Crippen molar-refractivity contribution in [3.05, 3.63) is 23.8 Å². The molecule has 0 saturated carbocycles. The predicted molar refractivity (Wildman–Crippen MR) is 105 cm³/mol. The second-order valence-electron chi connectivity index (χ2n) is 6.09. The highest BCUT2D eigenvalue weighted by Gasteiger charge is 2.51. The number of hydrogen-bond acceptors (Lipinski definition) is 8. The summed E-state index contributed by atoms with van der Waals surface area (Å²) in [4.78, 5) is 37.9. The molecule has 0 unspecified atom stereocenters. The summed E-state index contributed by atoms with van der Waals surface area (Å²) in [6.07, 6.45) is -0.693. The lowest BCUT2D eigenvalue weighted by Gasteiger charge is -2.29. The third kappa shape index (κ3) is 6.37. The molecule has 0 aliphatic heterocycles. The molecule has 0 saturated heterocycles. The number of benzene rings is 1. The van der Waals surface area contributed by atoms with Gasteiger partial charge in [-0.25, -0.2) is 0 Å². The zero-order chi connectivity index (χ0) is 21.9. The van der Waals surface area contributed by atoms with Crippen LogP contribution in [0, 0.1) is 5.41 Å². The second kappa shape index (κ2) is 11.9. The van der Waals surface area contributed by atoms with Crippen LogP contribution in [0.2, 0.25) is 0 Å². The van der Waals surface area contributed by atoms with Crippen molar-refractivity contribution in [2.45, 2.75) is 40.5 Å². The van der Waals surface area contributed by atoms with Gasteiger partial charge >= 0.3 is 17.9 Å². The molecule has 0 N–H and O–H groups in total. The van der Waals surface area contributed by atoms with Gasteiger partial charge in [0.05, 0.1) is 40.0 Å². The van der Waals surface area contributed by atoms with Gasteiger partial charge in [0.2, 0.25) is 0 Å². The van der Waals surface area contributed by atoms with E-state index in [1.165, 1.54) is 7.11 Å². The van der Waals surface area contributed by atoms with Crippen LogP contribution in [-0.4, -0.2) is 51.4 Å². The van der Waals surface area contributed by atoms with Crippen LogP contribution in [0.4, 0.5) is 0 Å². The fourth-order valence-corrected chi connectivity index (χ4v) is 2.86. The van der Waals surface area contributed by atoms with Crippen LogP contribution < -0.4 is 9.47 Å². The molecule has 162 valence electrons. The molecule has 0 bridgehead atoms. The van der Waals surface area contributed by atoms with Gasteiger partial charge in [-0.3, -0.25) is 14.4 Å². The summed E-state index contributed by atoms with van der Waals surface area (Å²) in [5.74, 6) is -1.42. The van der Waals surface area contributed by atoms with E-state index in [0.717, 1.165) is 0 Å². The Bertz CT molecular complexity index is 680. The Morgan fingerprint density at radius 2 is 1.45 bits per heavy atom. The summed E-state index contributed by atoms with van der Waals surface area (Å²) in [5, 5.41) is 0. The average molecular weight is 410 g/mol. The number of ether oxygens (including phenoxy) is 5. The van der Waals surface area contributed by atoms with E-state index in [1.807, 2.05) is 13.8 Å². The first kappa shape index (κ1) is 24.3. The second-order valence-corrected chi connectivity index (χ2v) is 6.09. The fraction of sp³-hybridized carbons (Fsp3) is 0.571. The first-order valence-corrected chi connectivity index (χ1v) is 9.68. The van der Waals surface area contributed by atoms with E-state index < -0.39 is 29.7 Å². The maximum Gasteiger partial charge on any atom is 0.324 e. The lowest BCUT2D eigenvalue weighted by atomic mass is 9.78. The highest BCUT2D eigenvalue weighted by Crippen LogP contribution is 2.36. The number of methoxy groups -OCH3 is 1. The van der Waals surface area contributed by atoms with Gasteiger partial charge in [-0.05, 0) is 51.5 Å². The molecule has 0 amide bonds. The number of esters is 3. The van der Waals surface area contributed by atoms with Crippen LogP contribution in [0.3, 0.4) is 0 Å². The van der Waals surface area contributed by atoms with Crippen molar-refractivity contribution in [1.29, 1.82) is 0 Å². The molecule has 8 nitrogen and oxygen atoms in total. The number of hydrogen-bond donors (Lipinski definition) is 0. The van der Waals surface area contributed by atoms with E-state index >= 15 is 0 Å². The highest BCUT2D eigenvalue weighted by molar-refractivity contribution is 6.03. The Morgan fingerprint density at radius 3 is 1.93 bits per heavy atom. The first-order chi connectivity index (χ1) is 13.9. The summed E-state index contributed by atoms with van der Waals surface area (Å²) >= 11 is 0. The molecular formula is C21H30O8. The topological polar surface area (TPSA) is 97.4 Å². The third-order valence-corrected chi connectivity index (χ3v) is 4.14. The molecule has 0 radical (unpaired) electrons. The molecule has 0 aromatic heterocycles. The van der Waals surface area contributed by atoms with Crippen LogP contribution in [0.15, 0.2) is 18.2 Å². The predicted octanol–water partition coefficient (Wildman–Crippen LogP) is 2.70. The van der Waals surface area contributed by atoms with E-state index in [-0.39, 0.29) is 19.6 Å². The van der Waals surface area contributed by atoms with Gasteiger partial charge in [0.15, 0.2) is 5.41 Å². The molecule has 0 fully saturated rings. The average Bonchev–Trinajstić information content (AvgIpc) is 2.69. The van der Waals surface area contributed by atoms with E-state index in [2.05, 4.69) is 0 Å². The van der Waals surface area contributed by atoms with E-state index in [9.17, 15) is 14.4 Å². The molecule has 1 aromatic carbocycles. The largest absolute Gasteiger partial charge is 0.494 e. The van der Waals surface area contributed by atoms with Crippen LogP contribution in [-0.2, 0) is 35.0 Å². The number of rotatable bonds is 12. The van der Waals surface area contributed by atoms with Crippen LogP contribution in [0.1, 0.15) is 39.7 Å². The van der Waals surface area contributed by atoms with E-state index in [0.29, 0.717) is 30.3 Å². The zero-order valence-corrected chi connectivity index (χ0v) is 17.7. The third-order valence-electron chi connectivity index (χ3n) is 4.14. The molecule has 0 atom stereocenters. The monoisotopic (exact) mass is 410 g/mol. The Hall–Kier alpha value is -2.77. The molecule has 1 aromatic rings. The number of carbonyl (C=O) groups is 3. The molecular weight excluding hydrogens is 380 g/mol. The van der Waals surface area contributed by atoms with Gasteiger partial charge in [-0.1, -0.05) is 0 Å². The van der Waals surface area contributed by atoms with Gasteiger partial charge in [0.1, 0.15) is 11.5 Å². The Kier molecular flexibility index (Phi) is 9.99. The summed E-state index contributed by atoms with van der Waals surface area (Å²) in [7, 11) is 1.19. The van der Waals surface area contributed by atoms with Crippen molar-refractivity contribution in [2.75, 3.05) is 33.5 Å². The zero-order valence-electron chi connectivity index (χ0n) is 17.7. The minimum atomic E-state index is -1.91. The summed E-state index contributed by atoms with van der Waals surface area (Å²) in [5.41, 5.74) is -1.39. The molecule has 1 rings (SSSR count). The maximum absolute atomic E-state index is 12.9.